The van der Waals surface area contributed by atoms with E-state index >= 15 is 0 Å². The van der Waals surface area contributed by atoms with Gasteiger partial charge in [-0.05, 0) is 50.4 Å². The van der Waals surface area contributed by atoms with Crippen molar-refractivity contribution in [2.24, 2.45) is 5.92 Å². The smallest absolute Gasteiger partial charge is 0.0502 e. The Bertz CT molecular complexity index is 354. The van der Waals surface area contributed by atoms with Crippen molar-refractivity contribution in [1.29, 1.82) is 0 Å². The molecular formula is C14H19N. The Balaban J connectivity index is 1.92. The van der Waals surface area contributed by atoms with Gasteiger partial charge in [0, 0.05) is 5.92 Å². The lowest BCUT2D eigenvalue weighted by atomic mass is 9.82. The molecule has 1 heteroatoms. The molecule has 0 aromatic heterocycles. The Labute approximate surface area is 92.2 Å². The van der Waals surface area contributed by atoms with E-state index in [1.807, 2.05) is 0 Å². The van der Waals surface area contributed by atoms with Gasteiger partial charge in [-0.2, -0.15) is 0 Å². The first-order valence-corrected chi connectivity index (χ1v) is 6.26. The first-order chi connectivity index (χ1) is 7.37. The Kier molecular flexibility index (Phi) is 2.12. The third-order valence-electron chi connectivity index (χ3n) is 4.08. The average molecular weight is 201 g/mol. The number of rotatable bonds is 2. The number of allylic oxidation sites excluding steroid dienone is 2. The molecule has 3 rings (SSSR count). The molecule has 0 radical (unpaired) electrons. The summed E-state index contributed by atoms with van der Waals surface area (Å²) < 4.78 is 0. The minimum absolute atomic E-state index is 0.445. The highest BCUT2D eigenvalue weighted by atomic mass is 15.2. The maximum Gasteiger partial charge on any atom is 0.0502 e. The highest BCUT2D eigenvalue weighted by Gasteiger charge is 2.54. The van der Waals surface area contributed by atoms with Crippen LogP contribution in [0.5, 0.6) is 0 Å². The molecule has 0 N–H and O–H groups in total. The van der Waals surface area contributed by atoms with Gasteiger partial charge in [0.1, 0.15) is 0 Å². The van der Waals surface area contributed by atoms with Crippen LogP contribution in [0, 0.1) is 5.92 Å². The quantitative estimate of drug-likeness (QED) is 0.621. The largest absolute Gasteiger partial charge is 0.293 e. The van der Waals surface area contributed by atoms with Crippen LogP contribution < -0.4 is 0 Å². The van der Waals surface area contributed by atoms with E-state index in [2.05, 4.69) is 35.8 Å². The summed E-state index contributed by atoms with van der Waals surface area (Å²) in [5, 5.41) is 0. The molecule has 1 saturated carbocycles. The summed E-state index contributed by atoms with van der Waals surface area (Å²) in [6, 6.07) is 0. The number of likely N-dealkylation sites (tertiary alicyclic amines) is 1. The van der Waals surface area contributed by atoms with Crippen LogP contribution in [0.2, 0.25) is 0 Å². The van der Waals surface area contributed by atoms with E-state index in [1.165, 1.54) is 38.8 Å². The predicted molar refractivity (Wildman–Crippen MR) is 62.7 cm³/mol. The van der Waals surface area contributed by atoms with Gasteiger partial charge in [0.15, 0.2) is 0 Å². The molecule has 1 nitrogen and oxygen atoms in total. The van der Waals surface area contributed by atoms with E-state index in [9.17, 15) is 0 Å². The number of fused-ring (bicyclic) bond motifs is 2. The number of hydrogen-bond acceptors (Lipinski definition) is 1. The lowest BCUT2D eigenvalue weighted by Crippen LogP contribution is -2.46. The van der Waals surface area contributed by atoms with E-state index in [4.69, 9.17) is 0 Å². The van der Waals surface area contributed by atoms with E-state index in [0.29, 0.717) is 11.5 Å². The topological polar surface area (TPSA) is 3.24 Å². The van der Waals surface area contributed by atoms with Gasteiger partial charge in [-0.1, -0.05) is 19.1 Å². The monoisotopic (exact) mass is 201 g/mol. The zero-order chi connectivity index (χ0) is 10.3. The Morgan fingerprint density at radius 3 is 3.13 bits per heavy atom. The maximum atomic E-state index is 3.53. The van der Waals surface area contributed by atoms with Crippen LogP contribution in [0.3, 0.4) is 0 Å². The van der Waals surface area contributed by atoms with Gasteiger partial charge >= 0.3 is 0 Å². The van der Waals surface area contributed by atoms with Crippen LogP contribution in [0.15, 0.2) is 29.5 Å². The molecule has 1 unspecified atom stereocenters. The molecule has 0 aromatic carbocycles. The summed E-state index contributed by atoms with van der Waals surface area (Å²) in [5.41, 5.74) is 5.56. The molecule has 1 saturated heterocycles. The van der Waals surface area contributed by atoms with Crippen LogP contribution in [0.4, 0.5) is 0 Å². The third-order valence-corrected chi connectivity index (χ3v) is 4.08. The van der Waals surface area contributed by atoms with Gasteiger partial charge in [-0.25, -0.2) is 0 Å². The van der Waals surface area contributed by atoms with E-state index in [0.717, 1.165) is 0 Å². The van der Waals surface area contributed by atoms with Gasteiger partial charge < -0.3 is 0 Å². The molecule has 15 heavy (non-hydrogen) atoms. The molecular weight excluding hydrogens is 182 g/mol. The fraction of sp³-hybridized carbons (Fsp3) is 0.643. The fourth-order valence-electron chi connectivity index (χ4n) is 3.23. The molecule has 2 fully saturated rings. The second-order valence-corrected chi connectivity index (χ2v) is 5.02. The van der Waals surface area contributed by atoms with Gasteiger partial charge in [0.05, 0.1) is 5.54 Å². The normalized spacial score (nSPS) is 31.5. The highest BCUT2D eigenvalue weighted by molar-refractivity contribution is 5.38. The molecule has 1 spiro atoms. The molecule has 1 aliphatic heterocycles. The van der Waals surface area contributed by atoms with Crippen molar-refractivity contribution >= 4 is 0 Å². The van der Waals surface area contributed by atoms with Crippen LogP contribution in [-0.4, -0.2) is 23.5 Å². The zero-order valence-corrected chi connectivity index (χ0v) is 9.50. The Morgan fingerprint density at radius 2 is 2.40 bits per heavy atom. The maximum absolute atomic E-state index is 3.53. The molecule has 80 valence electrons. The van der Waals surface area contributed by atoms with E-state index in [-0.39, 0.29) is 0 Å². The molecule has 0 amide bonds. The van der Waals surface area contributed by atoms with Crippen molar-refractivity contribution in [3.05, 3.63) is 29.5 Å². The predicted octanol–water partition coefficient (Wildman–Crippen LogP) is 2.90. The van der Waals surface area contributed by atoms with Crippen LogP contribution in [0.1, 0.15) is 32.6 Å². The SMILES string of the molecule is CCCN1CCC2C=CC=C=C2C12CC2. The summed E-state index contributed by atoms with van der Waals surface area (Å²) in [5.74, 6) is 0.700. The summed E-state index contributed by atoms with van der Waals surface area (Å²) in [4.78, 5) is 2.71. The van der Waals surface area contributed by atoms with Crippen molar-refractivity contribution < 1.29 is 0 Å². The van der Waals surface area contributed by atoms with E-state index in [1.54, 1.807) is 5.57 Å². The highest BCUT2D eigenvalue weighted by Crippen LogP contribution is 2.53. The summed E-state index contributed by atoms with van der Waals surface area (Å²) in [6.45, 7) is 4.84. The molecule has 1 heterocycles. The zero-order valence-electron chi connectivity index (χ0n) is 9.50. The van der Waals surface area contributed by atoms with Crippen LogP contribution >= 0.6 is 0 Å². The Morgan fingerprint density at radius 1 is 1.53 bits per heavy atom. The summed E-state index contributed by atoms with van der Waals surface area (Å²) >= 11 is 0. The minimum atomic E-state index is 0.445. The minimum Gasteiger partial charge on any atom is -0.293 e. The first-order valence-electron chi connectivity index (χ1n) is 6.26. The molecule has 3 aliphatic rings. The van der Waals surface area contributed by atoms with Crippen molar-refractivity contribution in [2.75, 3.05) is 13.1 Å². The second kappa shape index (κ2) is 3.37. The molecule has 2 aliphatic carbocycles. The van der Waals surface area contributed by atoms with Crippen molar-refractivity contribution in [2.45, 2.75) is 38.1 Å². The average Bonchev–Trinajstić information content (AvgIpc) is 3.05. The van der Waals surface area contributed by atoms with Crippen LogP contribution in [-0.2, 0) is 0 Å². The number of hydrogen-bond donors (Lipinski definition) is 0. The first kappa shape index (κ1) is 9.45. The molecule has 0 bridgehead atoms. The molecule has 0 aromatic rings. The van der Waals surface area contributed by atoms with Gasteiger partial charge in [0.2, 0.25) is 0 Å². The van der Waals surface area contributed by atoms with Crippen LogP contribution in [0.25, 0.3) is 0 Å². The fourth-order valence-corrected chi connectivity index (χ4v) is 3.23. The van der Waals surface area contributed by atoms with E-state index < -0.39 is 0 Å². The van der Waals surface area contributed by atoms with Gasteiger partial charge in [-0.3, -0.25) is 4.90 Å². The lowest BCUT2D eigenvalue weighted by Gasteiger charge is -2.41. The van der Waals surface area contributed by atoms with Crippen molar-refractivity contribution in [3.8, 4) is 0 Å². The lowest BCUT2D eigenvalue weighted by molar-refractivity contribution is 0.159. The Hall–Kier alpha value is -0.780. The van der Waals surface area contributed by atoms with Crippen molar-refractivity contribution in [3.63, 3.8) is 0 Å². The van der Waals surface area contributed by atoms with Crippen molar-refractivity contribution in [1.82, 2.24) is 4.90 Å². The second-order valence-electron chi connectivity index (χ2n) is 5.02. The number of nitrogens with zero attached hydrogens (tertiary/aromatic N) is 1. The molecule has 1 atom stereocenters. The summed E-state index contributed by atoms with van der Waals surface area (Å²) in [7, 11) is 0. The van der Waals surface area contributed by atoms with Gasteiger partial charge in [-0.15, -0.1) is 5.73 Å². The number of piperidine rings is 1. The van der Waals surface area contributed by atoms with Gasteiger partial charge in [0.25, 0.3) is 0 Å². The summed E-state index contributed by atoms with van der Waals surface area (Å²) in [6.07, 6.45) is 11.9. The third kappa shape index (κ3) is 1.34. The standard InChI is InChI=1S/C14H19N/c1-2-10-15-11-7-12-5-3-4-6-13(12)14(15)8-9-14/h3-5,12H,2,7-11H2,1H3.